The van der Waals surface area contributed by atoms with Crippen molar-refractivity contribution in [2.75, 3.05) is 27.2 Å². The summed E-state index contributed by atoms with van der Waals surface area (Å²) in [4.78, 5) is 0. The topological polar surface area (TPSA) is 90.1 Å². The number of aryl methyl sites for hydroxylation is 3. The van der Waals surface area contributed by atoms with Crippen LogP contribution in [0.1, 0.15) is 22.3 Å². The zero-order valence-corrected chi connectivity index (χ0v) is 15.8. The second-order valence-electron chi connectivity index (χ2n) is 5.58. The summed E-state index contributed by atoms with van der Waals surface area (Å²) in [7, 11) is 3.47. The van der Waals surface area contributed by atoms with E-state index >= 15 is 0 Å². The van der Waals surface area contributed by atoms with E-state index in [1.54, 1.807) is 0 Å². The minimum atomic E-state index is 0.597. The zero-order chi connectivity index (χ0) is 18.5. The maximum absolute atomic E-state index is 4.90. The SMILES string of the molecule is CN.CNCc1ccc(-c2c(C)cc(C)cc2C)cc1.NCCN. The monoisotopic (exact) mass is 330 g/mol. The number of nitrogens with two attached hydrogens (primary N) is 3. The number of hydrogen-bond acceptors (Lipinski definition) is 4. The van der Waals surface area contributed by atoms with Gasteiger partial charge in [0.25, 0.3) is 0 Å². The van der Waals surface area contributed by atoms with Crippen molar-refractivity contribution >= 4 is 0 Å². The molecule has 2 rings (SSSR count). The van der Waals surface area contributed by atoms with Crippen LogP contribution in [0.25, 0.3) is 11.1 Å². The van der Waals surface area contributed by atoms with Crippen LogP contribution in [0.15, 0.2) is 36.4 Å². The van der Waals surface area contributed by atoms with Crippen LogP contribution < -0.4 is 22.5 Å². The Morgan fingerprint density at radius 2 is 1.29 bits per heavy atom. The quantitative estimate of drug-likeness (QED) is 0.693. The van der Waals surface area contributed by atoms with Gasteiger partial charge >= 0.3 is 0 Å². The van der Waals surface area contributed by atoms with Gasteiger partial charge in [0.15, 0.2) is 0 Å². The lowest BCUT2D eigenvalue weighted by Gasteiger charge is -2.12. The van der Waals surface area contributed by atoms with E-state index in [1.807, 2.05) is 7.05 Å². The van der Waals surface area contributed by atoms with E-state index in [9.17, 15) is 0 Å². The average molecular weight is 331 g/mol. The normalized spacial score (nSPS) is 9.50. The van der Waals surface area contributed by atoms with Gasteiger partial charge in [0.2, 0.25) is 0 Å². The highest BCUT2D eigenvalue weighted by molar-refractivity contribution is 5.71. The number of nitrogens with one attached hydrogen (secondary N) is 1. The summed E-state index contributed by atoms with van der Waals surface area (Å²) < 4.78 is 0. The van der Waals surface area contributed by atoms with E-state index in [2.05, 4.69) is 68.2 Å². The molecule has 0 saturated heterocycles. The molecule has 4 heteroatoms. The molecule has 0 atom stereocenters. The van der Waals surface area contributed by atoms with E-state index < -0.39 is 0 Å². The molecular weight excluding hydrogens is 296 g/mol. The van der Waals surface area contributed by atoms with E-state index in [1.165, 1.54) is 40.4 Å². The fourth-order valence-corrected chi connectivity index (χ4v) is 2.63. The van der Waals surface area contributed by atoms with Crippen LogP contribution in [0.2, 0.25) is 0 Å². The van der Waals surface area contributed by atoms with E-state index in [0.29, 0.717) is 13.1 Å². The molecule has 0 aliphatic rings. The molecule has 2 aromatic rings. The molecule has 0 unspecified atom stereocenters. The van der Waals surface area contributed by atoms with Crippen molar-refractivity contribution in [3.05, 3.63) is 58.7 Å². The minimum absolute atomic E-state index is 0.597. The van der Waals surface area contributed by atoms with Crippen LogP contribution in [0.5, 0.6) is 0 Å². The van der Waals surface area contributed by atoms with Crippen LogP contribution in [-0.4, -0.2) is 27.2 Å². The molecule has 0 saturated carbocycles. The fourth-order valence-electron chi connectivity index (χ4n) is 2.63. The summed E-state index contributed by atoms with van der Waals surface area (Å²) in [5.74, 6) is 0. The standard InChI is InChI=1S/C17H21N.C2H8N2.CH5N/c1-12-9-13(2)17(14(3)10-12)16-7-5-15(6-8-16)11-18-4;3-1-2-4;1-2/h5-10,18H,11H2,1-4H3;1-4H2;2H2,1H3. The summed E-state index contributed by atoms with van der Waals surface area (Å²) >= 11 is 0. The Bertz CT molecular complexity index is 552. The number of hydrogen-bond donors (Lipinski definition) is 4. The van der Waals surface area contributed by atoms with Gasteiger partial charge in [-0.15, -0.1) is 0 Å². The molecule has 4 nitrogen and oxygen atoms in total. The molecule has 0 aliphatic carbocycles. The molecule has 0 radical (unpaired) electrons. The van der Waals surface area contributed by atoms with E-state index in [-0.39, 0.29) is 0 Å². The molecule has 7 N–H and O–H groups in total. The summed E-state index contributed by atoms with van der Waals surface area (Å²) in [6, 6.07) is 13.3. The van der Waals surface area contributed by atoms with Crippen LogP contribution >= 0.6 is 0 Å². The molecular formula is C20H34N4. The van der Waals surface area contributed by atoms with Gasteiger partial charge in [0.1, 0.15) is 0 Å². The Morgan fingerprint density at radius 3 is 1.67 bits per heavy atom. The first-order valence-electron chi connectivity index (χ1n) is 8.33. The Hall–Kier alpha value is -1.72. The third-order valence-corrected chi connectivity index (χ3v) is 3.47. The first kappa shape index (κ1) is 22.3. The second kappa shape index (κ2) is 12.7. The predicted octanol–water partition coefficient (Wildman–Crippen LogP) is 2.48. The molecule has 0 fully saturated rings. The van der Waals surface area contributed by atoms with Crippen molar-refractivity contribution < 1.29 is 0 Å². The lowest BCUT2D eigenvalue weighted by molar-refractivity contribution is 0.818. The number of rotatable bonds is 4. The van der Waals surface area contributed by atoms with Gasteiger partial charge in [0, 0.05) is 19.6 Å². The van der Waals surface area contributed by atoms with Crippen molar-refractivity contribution in [2.24, 2.45) is 17.2 Å². The molecule has 0 bridgehead atoms. The molecule has 24 heavy (non-hydrogen) atoms. The first-order valence-corrected chi connectivity index (χ1v) is 8.33. The molecule has 0 aliphatic heterocycles. The van der Waals surface area contributed by atoms with Crippen molar-refractivity contribution in [2.45, 2.75) is 27.3 Å². The molecule has 0 amide bonds. The van der Waals surface area contributed by atoms with Crippen LogP contribution in [0.4, 0.5) is 0 Å². The van der Waals surface area contributed by atoms with Crippen molar-refractivity contribution in [1.82, 2.24) is 5.32 Å². The maximum Gasteiger partial charge on any atom is 0.0202 e. The van der Waals surface area contributed by atoms with Gasteiger partial charge < -0.3 is 22.5 Å². The lowest BCUT2D eigenvalue weighted by Crippen LogP contribution is -2.11. The van der Waals surface area contributed by atoms with Gasteiger partial charge in [0.05, 0.1) is 0 Å². The lowest BCUT2D eigenvalue weighted by atomic mass is 9.93. The van der Waals surface area contributed by atoms with E-state index in [0.717, 1.165) is 6.54 Å². The first-order chi connectivity index (χ1) is 11.5. The molecule has 2 aromatic carbocycles. The van der Waals surface area contributed by atoms with Crippen LogP contribution in [0, 0.1) is 20.8 Å². The van der Waals surface area contributed by atoms with Crippen molar-refractivity contribution in [3.63, 3.8) is 0 Å². The highest BCUT2D eigenvalue weighted by Crippen LogP contribution is 2.28. The third kappa shape index (κ3) is 7.23. The predicted molar refractivity (Wildman–Crippen MR) is 107 cm³/mol. The third-order valence-electron chi connectivity index (χ3n) is 3.47. The van der Waals surface area contributed by atoms with Crippen molar-refractivity contribution in [3.8, 4) is 11.1 Å². The van der Waals surface area contributed by atoms with Gasteiger partial charge in [-0.25, -0.2) is 0 Å². The van der Waals surface area contributed by atoms with Crippen LogP contribution in [0.3, 0.4) is 0 Å². The Kier molecular flexibility index (Phi) is 11.8. The molecule has 134 valence electrons. The van der Waals surface area contributed by atoms with Crippen LogP contribution in [-0.2, 0) is 6.54 Å². The van der Waals surface area contributed by atoms with Gasteiger partial charge in [-0.3, -0.25) is 0 Å². The summed E-state index contributed by atoms with van der Waals surface area (Å²) in [5, 5.41) is 3.17. The Labute approximate surface area is 147 Å². The van der Waals surface area contributed by atoms with Crippen molar-refractivity contribution in [1.29, 1.82) is 0 Å². The fraction of sp³-hybridized carbons (Fsp3) is 0.400. The highest BCUT2D eigenvalue weighted by Gasteiger charge is 2.06. The van der Waals surface area contributed by atoms with Gasteiger partial charge in [-0.05, 0) is 62.7 Å². The second-order valence-corrected chi connectivity index (χ2v) is 5.58. The van der Waals surface area contributed by atoms with E-state index in [4.69, 9.17) is 11.5 Å². The summed E-state index contributed by atoms with van der Waals surface area (Å²) in [5.41, 5.74) is 22.4. The largest absolute Gasteiger partial charge is 0.333 e. The Balaban J connectivity index is 0.000000773. The average Bonchev–Trinajstić information content (AvgIpc) is 2.58. The van der Waals surface area contributed by atoms with Gasteiger partial charge in [-0.2, -0.15) is 0 Å². The number of benzene rings is 2. The minimum Gasteiger partial charge on any atom is -0.333 e. The maximum atomic E-state index is 4.90. The smallest absolute Gasteiger partial charge is 0.0202 e. The zero-order valence-electron chi connectivity index (χ0n) is 15.8. The molecule has 0 spiro atoms. The Morgan fingerprint density at radius 1 is 0.833 bits per heavy atom. The summed E-state index contributed by atoms with van der Waals surface area (Å²) in [6.07, 6.45) is 0. The van der Waals surface area contributed by atoms with Gasteiger partial charge in [-0.1, -0.05) is 42.0 Å². The molecule has 0 aromatic heterocycles. The summed E-state index contributed by atoms with van der Waals surface area (Å²) in [6.45, 7) is 8.65. The molecule has 0 heterocycles. The highest BCUT2D eigenvalue weighted by atomic mass is 14.8.